The van der Waals surface area contributed by atoms with Gasteiger partial charge in [0.25, 0.3) is 0 Å². The third-order valence-corrected chi connectivity index (χ3v) is 4.37. The maximum absolute atomic E-state index is 11.2. The fourth-order valence-corrected chi connectivity index (χ4v) is 3.32. The van der Waals surface area contributed by atoms with Crippen LogP contribution in [0.4, 0.5) is 0 Å². The molecular formula is C7H16N2O4S2. The Labute approximate surface area is 90.8 Å². The maximum atomic E-state index is 11.2. The van der Waals surface area contributed by atoms with Crippen LogP contribution < -0.4 is 4.72 Å². The zero-order valence-corrected chi connectivity index (χ0v) is 10.4. The van der Waals surface area contributed by atoms with Crippen molar-refractivity contribution in [3.8, 4) is 0 Å². The Morgan fingerprint density at radius 2 is 1.53 bits per heavy atom. The molecule has 1 N–H and O–H groups in total. The van der Waals surface area contributed by atoms with Gasteiger partial charge in [-0.3, -0.25) is 0 Å². The standard InChI is InChI=1S/C7H16N2O4S2/c1-14(10,11)8-7-3-5-9(6-4-7)15(2,12)13/h7-8H,3-6H2,1-2H3. The molecule has 0 aromatic heterocycles. The van der Waals surface area contributed by atoms with Crippen molar-refractivity contribution in [3.63, 3.8) is 0 Å². The van der Waals surface area contributed by atoms with Crippen molar-refractivity contribution < 1.29 is 16.8 Å². The van der Waals surface area contributed by atoms with Crippen LogP contribution in [-0.2, 0) is 20.0 Å². The van der Waals surface area contributed by atoms with E-state index in [4.69, 9.17) is 0 Å². The fourth-order valence-electron chi connectivity index (χ4n) is 1.61. The van der Waals surface area contributed by atoms with Gasteiger partial charge in [-0.05, 0) is 12.8 Å². The first-order chi connectivity index (χ1) is 6.68. The predicted octanol–water partition coefficient (Wildman–Crippen LogP) is -1.04. The highest BCUT2D eigenvalue weighted by atomic mass is 32.2. The second kappa shape index (κ2) is 4.36. The van der Waals surface area contributed by atoms with E-state index < -0.39 is 20.0 Å². The monoisotopic (exact) mass is 256 g/mol. The van der Waals surface area contributed by atoms with Crippen LogP contribution in [0.1, 0.15) is 12.8 Å². The Morgan fingerprint density at radius 3 is 1.87 bits per heavy atom. The van der Waals surface area contributed by atoms with Crippen molar-refractivity contribution in [2.45, 2.75) is 18.9 Å². The smallest absolute Gasteiger partial charge is 0.211 e. The average Bonchev–Trinajstić information content (AvgIpc) is 2.00. The maximum Gasteiger partial charge on any atom is 0.211 e. The van der Waals surface area contributed by atoms with Crippen molar-refractivity contribution in [1.29, 1.82) is 0 Å². The van der Waals surface area contributed by atoms with E-state index in [1.807, 2.05) is 0 Å². The molecule has 0 aliphatic carbocycles. The van der Waals surface area contributed by atoms with Gasteiger partial charge in [-0.1, -0.05) is 0 Å². The van der Waals surface area contributed by atoms with Gasteiger partial charge in [0.05, 0.1) is 12.5 Å². The number of piperidine rings is 1. The van der Waals surface area contributed by atoms with Crippen molar-refractivity contribution in [3.05, 3.63) is 0 Å². The minimum Gasteiger partial charge on any atom is -0.213 e. The van der Waals surface area contributed by atoms with E-state index in [0.29, 0.717) is 25.9 Å². The lowest BCUT2D eigenvalue weighted by molar-refractivity contribution is 0.310. The third-order valence-electron chi connectivity index (χ3n) is 2.30. The topological polar surface area (TPSA) is 83.6 Å². The van der Waals surface area contributed by atoms with Crippen LogP contribution >= 0.6 is 0 Å². The van der Waals surface area contributed by atoms with E-state index in [0.717, 1.165) is 12.5 Å². The van der Waals surface area contributed by atoms with Crippen LogP contribution in [-0.4, -0.2) is 52.8 Å². The molecule has 0 spiro atoms. The van der Waals surface area contributed by atoms with Crippen LogP contribution in [0.3, 0.4) is 0 Å². The SMILES string of the molecule is CS(=O)(=O)NC1CCN(S(C)(=O)=O)CC1. The molecule has 1 fully saturated rings. The molecule has 0 aromatic rings. The normalized spacial score (nSPS) is 21.7. The summed E-state index contributed by atoms with van der Waals surface area (Å²) in [5, 5.41) is 0. The highest BCUT2D eigenvalue weighted by Crippen LogP contribution is 2.13. The van der Waals surface area contributed by atoms with Gasteiger partial charge in [-0.15, -0.1) is 0 Å². The first-order valence-corrected chi connectivity index (χ1v) is 8.35. The summed E-state index contributed by atoms with van der Waals surface area (Å²) in [6.45, 7) is 0.762. The molecule has 0 radical (unpaired) electrons. The van der Waals surface area contributed by atoms with Gasteiger partial charge in [-0.2, -0.15) is 0 Å². The molecule has 0 unspecified atom stereocenters. The van der Waals surface area contributed by atoms with Gasteiger partial charge in [0, 0.05) is 19.1 Å². The first kappa shape index (κ1) is 12.9. The van der Waals surface area contributed by atoms with E-state index in [1.165, 1.54) is 4.31 Å². The van der Waals surface area contributed by atoms with Crippen LogP contribution in [0.15, 0.2) is 0 Å². The molecule has 1 rings (SSSR count). The molecule has 1 saturated heterocycles. The predicted molar refractivity (Wildman–Crippen MR) is 57.4 cm³/mol. The minimum atomic E-state index is -3.19. The lowest BCUT2D eigenvalue weighted by atomic mass is 10.1. The Kier molecular flexibility index (Phi) is 3.75. The Balaban J connectivity index is 2.50. The molecule has 0 saturated carbocycles. The number of sulfonamides is 2. The van der Waals surface area contributed by atoms with Crippen molar-refractivity contribution in [2.24, 2.45) is 0 Å². The molecule has 1 aliphatic heterocycles. The lowest BCUT2D eigenvalue weighted by Gasteiger charge is -2.30. The van der Waals surface area contributed by atoms with E-state index in [2.05, 4.69) is 4.72 Å². The van der Waals surface area contributed by atoms with E-state index >= 15 is 0 Å². The van der Waals surface area contributed by atoms with Gasteiger partial charge in [0.1, 0.15) is 0 Å². The molecule has 0 atom stereocenters. The second-order valence-electron chi connectivity index (χ2n) is 3.83. The number of nitrogens with zero attached hydrogens (tertiary/aromatic N) is 1. The average molecular weight is 256 g/mol. The largest absolute Gasteiger partial charge is 0.213 e. The van der Waals surface area contributed by atoms with Gasteiger partial charge >= 0.3 is 0 Å². The second-order valence-corrected chi connectivity index (χ2v) is 7.59. The summed E-state index contributed by atoms with van der Waals surface area (Å²) < 4.78 is 48.1. The van der Waals surface area contributed by atoms with Crippen LogP contribution in [0, 0.1) is 0 Å². The first-order valence-electron chi connectivity index (χ1n) is 4.61. The summed E-state index contributed by atoms with van der Waals surface area (Å²) in [6, 6.07) is -0.141. The van der Waals surface area contributed by atoms with Crippen molar-refractivity contribution >= 4 is 20.0 Å². The van der Waals surface area contributed by atoms with Crippen molar-refractivity contribution in [2.75, 3.05) is 25.6 Å². The van der Waals surface area contributed by atoms with Crippen LogP contribution in [0.5, 0.6) is 0 Å². The molecule has 1 heterocycles. The van der Waals surface area contributed by atoms with Crippen LogP contribution in [0.25, 0.3) is 0 Å². The zero-order chi connectivity index (χ0) is 11.7. The molecule has 15 heavy (non-hydrogen) atoms. The number of nitrogens with one attached hydrogen (secondary N) is 1. The van der Waals surface area contributed by atoms with Crippen LogP contribution in [0.2, 0.25) is 0 Å². The summed E-state index contributed by atoms with van der Waals surface area (Å²) >= 11 is 0. The minimum absolute atomic E-state index is 0.141. The van der Waals surface area contributed by atoms with E-state index in [9.17, 15) is 16.8 Å². The Hall–Kier alpha value is -0.180. The molecule has 6 nitrogen and oxygen atoms in total. The molecule has 0 aromatic carbocycles. The quantitative estimate of drug-likeness (QED) is 0.699. The molecule has 8 heteroatoms. The van der Waals surface area contributed by atoms with Gasteiger partial charge in [0.15, 0.2) is 0 Å². The van der Waals surface area contributed by atoms with E-state index in [1.54, 1.807) is 0 Å². The Morgan fingerprint density at radius 1 is 1.07 bits per heavy atom. The van der Waals surface area contributed by atoms with Crippen molar-refractivity contribution in [1.82, 2.24) is 9.03 Å². The van der Waals surface area contributed by atoms with Gasteiger partial charge in [-0.25, -0.2) is 25.9 Å². The molecule has 1 aliphatic rings. The molecular weight excluding hydrogens is 240 g/mol. The summed E-state index contributed by atoms with van der Waals surface area (Å²) in [6.07, 6.45) is 3.33. The Bertz CT molecular complexity index is 406. The number of hydrogen-bond acceptors (Lipinski definition) is 4. The van der Waals surface area contributed by atoms with E-state index in [-0.39, 0.29) is 6.04 Å². The molecule has 0 amide bonds. The summed E-state index contributed by atoms with van der Waals surface area (Å²) in [7, 11) is -6.33. The molecule has 0 bridgehead atoms. The lowest BCUT2D eigenvalue weighted by Crippen LogP contribution is -2.45. The third kappa shape index (κ3) is 4.45. The fraction of sp³-hybridized carbons (Fsp3) is 1.00. The summed E-state index contributed by atoms with van der Waals surface area (Å²) in [4.78, 5) is 0. The zero-order valence-electron chi connectivity index (χ0n) is 8.80. The summed E-state index contributed by atoms with van der Waals surface area (Å²) in [5.74, 6) is 0. The highest BCUT2D eigenvalue weighted by Gasteiger charge is 2.26. The molecule has 90 valence electrons. The number of rotatable bonds is 3. The number of hydrogen-bond donors (Lipinski definition) is 1. The highest BCUT2D eigenvalue weighted by molar-refractivity contribution is 7.88. The van der Waals surface area contributed by atoms with Gasteiger partial charge in [0.2, 0.25) is 20.0 Å². The van der Waals surface area contributed by atoms with Gasteiger partial charge < -0.3 is 0 Å². The summed E-state index contributed by atoms with van der Waals surface area (Å²) in [5.41, 5.74) is 0.